The molecule has 0 aliphatic heterocycles. The molecule has 0 fully saturated rings. The van der Waals surface area contributed by atoms with E-state index in [2.05, 4.69) is 21.7 Å². The molecule has 2 rings (SSSR count). The van der Waals surface area contributed by atoms with Gasteiger partial charge in [-0.15, -0.1) is 0 Å². The van der Waals surface area contributed by atoms with Gasteiger partial charge in [-0.05, 0) is 24.1 Å². The molecule has 1 atom stereocenters. The predicted molar refractivity (Wildman–Crippen MR) is 74.0 cm³/mol. The highest BCUT2D eigenvalue weighted by Crippen LogP contribution is 2.20. The maximum atomic E-state index is 12.1. The van der Waals surface area contributed by atoms with E-state index in [1.54, 1.807) is 12.1 Å². The average Bonchev–Trinajstić information content (AvgIpc) is 2.86. The number of aromatic nitrogens is 3. The second kappa shape index (κ2) is 7.12. The summed E-state index contributed by atoms with van der Waals surface area (Å²) in [5, 5.41) is 4.15. The van der Waals surface area contributed by atoms with Gasteiger partial charge in [0, 0.05) is 19.0 Å². The number of ether oxygens (including phenoxy) is 1. The highest BCUT2D eigenvalue weighted by Gasteiger charge is 2.12. The van der Waals surface area contributed by atoms with Gasteiger partial charge in [0.15, 0.2) is 0 Å². The summed E-state index contributed by atoms with van der Waals surface area (Å²) in [7, 11) is 0. The smallest absolute Gasteiger partial charge is 0.387 e. The van der Waals surface area contributed by atoms with Crippen molar-refractivity contribution in [1.29, 1.82) is 0 Å². The molecular formula is C14H18F2N4O. The minimum Gasteiger partial charge on any atom is -0.435 e. The molecule has 2 aromatic rings. The standard InChI is InChI=1S/C14H18F2N4O/c1-2-7-20-13(18-9-19-20)8-12(17)10-3-5-11(6-4-10)21-14(15)16/h3-6,9,12,14H,2,7-8,17H2,1H3. The van der Waals surface area contributed by atoms with Crippen LogP contribution in [0.5, 0.6) is 5.75 Å². The van der Waals surface area contributed by atoms with Crippen molar-refractivity contribution in [3.8, 4) is 5.75 Å². The summed E-state index contributed by atoms with van der Waals surface area (Å²) in [5.41, 5.74) is 6.97. The van der Waals surface area contributed by atoms with Crippen LogP contribution >= 0.6 is 0 Å². The minimum absolute atomic E-state index is 0.120. The van der Waals surface area contributed by atoms with Crippen LogP contribution in [0.3, 0.4) is 0 Å². The Balaban J connectivity index is 2.02. The summed E-state index contributed by atoms with van der Waals surface area (Å²) in [6.45, 7) is 0.0354. The molecule has 1 heterocycles. The molecule has 0 aliphatic carbocycles. The number of nitrogens with zero attached hydrogens (tertiary/aromatic N) is 3. The van der Waals surface area contributed by atoms with E-state index in [4.69, 9.17) is 5.73 Å². The lowest BCUT2D eigenvalue weighted by Gasteiger charge is -2.13. The number of nitrogens with two attached hydrogens (primary N) is 1. The van der Waals surface area contributed by atoms with Crippen LogP contribution in [-0.2, 0) is 13.0 Å². The summed E-state index contributed by atoms with van der Waals surface area (Å²) in [6.07, 6.45) is 3.01. The van der Waals surface area contributed by atoms with Crippen molar-refractivity contribution >= 4 is 0 Å². The Kier molecular flexibility index (Phi) is 5.21. The first-order valence-corrected chi connectivity index (χ1v) is 6.77. The van der Waals surface area contributed by atoms with E-state index in [0.717, 1.165) is 24.4 Å². The molecule has 5 nitrogen and oxygen atoms in total. The van der Waals surface area contributed by atoms with Crippen molar-refractivity contribution in [3.05, 3.63) is 42.0 Å². The fraction of sp³-hybridized carbons (Fsp3) is 0.429. The highest BCUT2D eigenvalue weighted by atomic mass is 19.3. The number of rotatable bonds is 7. The Morgan fingerprint density at radius 3 is 2.62 bits per heavy atom. The number of hydrogen-bond acceptors (Lipinski definition) is 4. The average molecular weight is 296 g/mol. The fourth-order valence-electron chi connectivity index (χ4n) is 2.06. The molecule has 21 heavy (non-hydrogen) atoms. The lowest BCUT2D eigenvalue weighted by molar-refractivity contribution is -0.0498. The topological polar surface area (TPSA) is 66.0 Å². The van der Waals surface area contributed by atoms with Gasteiger partial charge in [-0.2, -0.15) is 13.9 Å². The van der Waals surface area contributed by atoms with Gasteiger partial charge in [0.1, 0.15) is 17.9 Å². The van der Waals surface area contributed by atoms with Gasteiger partial charge in [-0.1, -0.05) is 19.1 Å². The van der Waals surface area contributed by atoms with Gasteiger partial charge >= 0.3 is 6.61 Å². The second-order valence-electron chi connectivity index (χ2n) is 4.66. The van der Waals surface area contributed by atoms with Gasteiger partial charge in [0.05, 0.1) is 0 Å². The molecule has 1 unspecified atom stereocenters. The molecule has 1 aromatic heterocycles. The Morgan fingerprint density at radius 1 is 1.29 bits per heavy atom. The van der Waals surface area contributed by atoms with E-state index in [-0.39, 0.29) is 11.8 Å². The molecule has 0 spiro atoms. The summed E-state index contributed by atoms with van der Waals surface area (Å²) in [6, 6.07) is 6.06. The second-order valence-corrected chi connectivity index (χ2v) is 4.66. The van der Waals surface area contributed by atoms with Gasteiger partial charge in [-0.25, -0.2) is 4.98 Å². The molecule has 0 radical (unpaired) electrons. The summed E-state index contributed by atoms with van der Waals surface area (Å²) in [4.78, 5) is 4.21. The van der Waals surface area contributed by atoms with Crippen LogP contribution in [0.1, 0.15) is 30.8 Å². The zero-order chi connectivity index (χ0) is 15.2. The van der Waals surface area contributed by atoms with Crippen LogP contribution < -0.4 is 10.5 Å². The van der Waals surface area contributed by atoms with Crippen molar-refractivity contribution < 1.29 is 13.5 Å². The quantitative estimate of drug-likeness (QED) is 0.852. The van der Waals surface area contributed by atoms with Gasteiger partial charge in [-0.3, -0.25) is 4.68 Å². The first-order valence-electron chi connectivity index (χ1n) is 6.77. The van der Waals surface area contributed by atoms with Crippen molar-refractivity contribution in [3.63, 3.8) is 0 Å². The van der Waals surface area contributed by atoms with Crippen molar-refractivity contribution in [2.24, 2.45) is 5.73 Å². The Labute approximate surface area is 121 Å². The number of benzene rings is 1. The zero-order valence-electron chi connectivity index (χ0n) is 11.7. The lowest BCUT2D eigenvalue weighted by atomic mass is 10.0. The maximum absolute atomic E-state index is 12.1. The summed E-state index contributed by atoms with van der Waals surface area (Å²) in [5.74, 6) is 0.937. The van der Waals surface area contributed by atoms with E-state index >= 15 is 0 Å². The third-order valence-corrected chi connectivity index (χ3v) is 3.07. The van der Waals surface area contributed by atoms with Gasteiger partial charge < -0.3 is 10.5 Å². The SMILES string of the molecule is CCCn1ncnc1CC(N)c1ccc(OC(F)F)cc1. The summed E-state index contributed by atoms with van der Waals surface area (Å²) >= 11 is 0. The minimum atomic E-state index is -2.82. The number of aryl methyl sites for hydroxylation is 1. The fourth-order valence-corrected chi connectivity index (χ4v) is 2.06. The number of halogens is 2. The van der Waals surface area contributed by atoms with Crippen molar-refractivity contribution in [2.75, 3.05) is 0 Å². The zero-order valence-corrected chi connectivity index (χ0v) is 11.7. The van der Waals surface area contributed by atoms with Crippen LogP contribution in [-0.4, -0.2) is 21.4 Å². The van der Waals surface area contributed by atoms with E-state index in [1.165, 1.54) is 18.5 Å². The molecular weight excluding hydrogens is 278 g/mol. The van der Waals surface area contributed by atoms with Crippen molar-refractivity contribution in [2.45, 2.75) is 39.0 Å². The molecule has 0 amide bonds. The van der Waals surface area contributed by atoms with E-state index < -0.39 is 6.61 Å². The number of alkyl halides is 2. The first kappa shape index (κ1) is 15.4. The third-order valence-electron chi connectivity index (χ3n) is 3.07. The molecule has 7 heteroatoms. The largest absolute Gasteiger partial charge is 0.435 e. The maximum Gasteiger partial charge on any atom is 0.387 e. The number of hydrogen-bond donors (Lipinski definition) is 1. The van der Waals surface area contributed by atoms with Crippen LogP contribution in [0.2, 0.25) is 0 Å². The first-order chi connectivity index (χ1) is 10.1. The molecule has 0 aliphatic rings. The van der Waals surface area contributed by atoms with Gasteiger partial charge in [0.2, 0.25) is 0 Å². The molecule has 0 saturated heterocycles. The molecule has 114 valence electrons. The Bertz CT molecular complexity index is 556. The van der Waals surface area contributed by atoms with E-state index in [0.29, 0.717) is 6.42 Å². The van der Waals surface area contributed by atoms with Crippen molar-refractivity contribution in [1.82, 2.24) is 14.8 Å². The predicted octanol–water partition coefficient (Wildman–Crippen LogP) is 2.53. The lowest BCUT2D eigenvalue weighted by Crippen LogP contribution is -2.17. The van der Waals surface area contributed by atoms with Gasteiger partial charge in [0.25, 0.3) is 0 Å². The van der Waals surface area contributed by atoms with Crippen LogP contribution in [0.4, 0.5) is 8.78 Å². The Morgan fingerprint density at radius 2 is 2.00 bits per heavy atom. The summed E-state index contributed by atoms with van der Waals surface area (Å²) < 4.78 is 30.3. The normalized spacial score (nSPS) is 12.6. The molecule has 0 saturated carbocycles. The Hall–Kier alpha value is -2.02. The third kappa shape index (κ3) is 4.22. The van der Waals surface area contributed by atoms with Crippen LogP contribution in [0.15, 0.2) is 30.6 Å². The van der Waals surface area contributed by atoms with E-state index in [1.807, 2.05) is 4.68 Å². The molecule has 2 N–H and O–H groups in total. The van der Waals surface area contributed by atoms with Crippen LogP contribution in [0, 0.1) is 0 Å². The molecule has 0 bridgehead atoms. The van der Waals surface area contributed by atoms with Crippen LogP contribution in [0.25, 0.3) is 0 Å². The highest BCUT2D eigenvalue weighted by molar-refractivity contribution is 5.29. The van der Waals surface area contributed by atoms with E-state index in [9.17, 15) is 8.78 Å². The monoisotopic (exact) mass is 296 g/mol. The molecule has 1 aromatic carbocycles.